The third kappa shape index (κ3) is 3.67. The van der Waals surface area contributed by atoms with E-state index >= 15 is 0 Å². The maximum absolute atomic E-state index is 12.4. The van der Waals surface area contributed by atoms with Crippen LogP contribution >= 0.6 is 11.8 Å². The molecule has 0 fully saturated rings. The molecule has 138 valence electrons. The number of fused-ring (bicyclic) bond motifs is 1. The van der Waals surface area contributed by atoms with Gasteiger partial charge in [-0.25, -0.2) is 4.98 Å². The normalized spacial score (nSPS) is 11.2. The Bertz CT molecular complexity index is 918. The van der Waals surface area contributed by atoms with E-state index in [-0.39, 0.29) is 5.75 Å². The summed E-state index contributed by atoms with van der Waals surface area (Å²) >= 11 is 1.46. The fraction of sp³-hybridized carbons (Fsp3) is 0.294. The smallest absolute Gasteiger partial charge is 0.387 e. The Morgan fingerprint density at radius 2 is 2.00 bits per heavy atom. The van der Waals surface area contributed by atoms with Gasteiger partial charge in [0.25, 0.3) is 0 Å². The summed E-state index contributed by atoms with van der Waals surface area (Å²) < 4.78 is 41.7. The molecule has 0 radical (unpaired) electrons. The zero-order valence-corrected chi connectivity index (χ0v) is 15.2. The molecule has 2 aromatic heterocycles. The van der Waals surface area contributed by atoms with Gasteiger partial charge in [-0.15, -0.1) is 0 Å². The van der Waals surface area contributed by atoms with Crippen molar-refractivity contribution in [3.05, 3.63) is 36.2 Å². The molecule has 0 atom stereocenters. The van der Waals surface area contributed by atoms with E-state index in [1.807, 2.05) is 11.6 Å². The van der Waals surface area contributed by atoms with Crippen LogP contribution < -0.4 is 14.2 Å². The van der Waals surface area contributed by atoms with Gasteiger partial charge in [0, 0.05) is 31.1 Å². The van der Waals surface area contributed by atoms with Gasteiger partial charge in [-0.3, -0.25) is 4.98 Å². The molecule has 2 heterocycles. The minimum absolute atomic E-state index is 0.100. The second kappa shape index (κ2) is 7.77. The second-order valence-corrected chi connectivity index (χ2v) is 6.21. The highest BCUT2D eigenvalue weighted by molar-refractivity contribution is 7.98. The molecule has 0 amide bonds. The lowest BCUT2D eigenvalue weighted by atomic mass is 10.3. The number of pyridine rings is 1. The Labute approximate surface area is 153 Å². The van der Waals surface area contributed by atoms with Gasteiger partial charge in [-0.05, 0) is 12.1 Å². The van der Waals surface area contributed by atoms with Gasteiger partial charge in [-0.1, -0.05) is 11.8 Å². The number of thioether (sulfide) groups is 1. The van der Waals surface area contributed by atoms with Crippen molar-refractivity contribution in [3.8, 4) is 17.2 Å². The van der Waals surface area contributed by atoms with E-state index in [1.54, 1.807) is 38.6 Å². The summed E-state index contributed by atoms with van der Waals surface area (Å²) in [6, 6.07) is 6.40. The molecule has 0 aliphatic heterocycles. The van der Waals surface area contributed by atoms with E-state index in [2.05, 4.69) is 14.7 Å². The summed E-state index contributed by atoms with van der Waals surface area (Å²) in [5.74, 6) is 1.80. The Morgan fingerprint density at radius 3 is 2.69 bits per heavy atom. The number of methoxy groups -OCH3 is 2. The van der Waals surface area contributed by atoms with Gasteiger partial charge in [-0.2, -0.15) is 8.78 Å². The summed E-state index contributed by atoms with van der Waals surface area (Å²) in [4.78, 5) is 8.87. The first kappa shape index (κ1) is 18.2. The molecule has 3 aromatic rings. The molecule has 0 bridgehead atoms. The standard InChI is InChI=1S/C17H17F2N3O3S/c1-22-13-8-10(25-16(18)19)4-5-11(13)21-17(22)26-9-12-15(24-3)14(23-2)6-7-20-12/h4-8,16H,9H2,1-3H3. The average Bonchev–Trinajstić information content (AvgIpc) is 2.94. The number of rotatable bonds is 7. The molecule has 0 spiro atoms. The van der Waals surface area contributed by atoms with Crippen LogP contribution in [0.1, 0.15) is 5.69 Å². The van der Waals surface area contributed by atoms with Gasteiger partial charge in [0.05, 0.1) is 30.9 Å². The summed E-state index contributed by atoms with van der Waals surface area (Å²) in [6.45, 7) is -2.86. The molecular formula is C17H17F2N3O3S. The van der Waals surface area contributed by atoms with Crippen molar-refractivity contribution in [2.24, 2.45) is 7.05 Å². The van der Waals surface area contributed by atoms with E-state index in [4.69, 9.17) is 9.47 Å². The van der Waals surface area contributed by atoms with Crippen LogP contribution in [0.15, 0.2) is 35.6 Å². The average molecular weight is 381 g/mol. The topological polar surface area (TPSA) is 58.4 Å². The lowest BCUT2D eigenvalue weighted by Gasteiger charge is -2.11. The van der Waals surface area contributed by atoms with Crippen LogP contribution in [-0.4, -0.2) is 35.4 Å². The van der Waals surface area contributed by atoms with E-state index < -0.39 is 6.61 Å². The number of imidazole rings is 1. The maximum Gasteiger partial charge on any atom is 0.387 e. The number of aryl methyl sites for hydroxylation is 1. The molecule has 0 unspecified atom stereocenters. The number of benzene rings is 1. The predicted octanol–water partition coefficient (Wildman–Crippen LogP) is 3.88. The molecule has 0 saturated carbocycles. The van der Waals surface area contributed by atoms with Crippen LogP contribution in [0.25, 0.3) is 11.0 Å². The van der Waals surface area contributed by atoms with E-state index in [1.165, 1.54) is 17.8 Å². The number of hydrogen-bond donors (Lipinski definition) is 0. The van der Waals surface area contributed by atoms with E-state index in [0.29, 0.717) is 28.3 Å². The molecule has 9 heteroatoms. The van der Waals surface area contributed by atoms with Crippen molar-refractivity contribution >= 4 is 22.8 Å². The fourth-order valence-corrected chi connectivity index (χ4v) is 3.47. The Morgan fingerprint density at radius 1 is 1.19 bits per heavy atom. The van der Waals surface area contributed by atoms with Gasteiger partial charge in [0.2, 0.25) is 0 Å². The highest BCUT2D eigenvalue weighted by Crippen LogP contribution is 2.34. The summed E-state index contributed by atoms with van der Waals surface area (Å²) in [6.07, 6.45) is 1.65. The van der Waals surface area contributed by atoms with Crippen molar-refractivity contribution in [2.45, 2.75) is 17.5 Å². The second-order valence-electron chi connectivity index (χ2n) is 5.26. The lowest BCUT2D eigenvalue weighted by Crippen LogP contribution is -2.01. The van der Waals surface area contributed by atoms with Gasteiger partial charge in [0.15, 0.2) is 16.7 Å². The van der Waals surface area contributed by atoms with Crippen LogP contribution in [-0.2, 0) is 12.8 Å². The summed E-state index contributed by atoms with van der Waals surface area (Å²) in [5.41, 5.74) is 2.13. The first-order valence-electron chi connectivity index (χ1n) is 7.63. The van der Waals surface area contributed by atoms with Gasteiger partial charge in [0.1, 0.15) is 5.75 Å². The van der Waals surface area contributed by atoms with Crippen LogP contribution in [0.5, 0.6) is 17.2 Å². The predicted molar refractivity (Wildman–Crippen MR) is 94.2 cm³/mol. The van der Waals surface area contributed by atoms with Crippen LogP contribution in [0.3, 0.4) is 0 Å². The third-order valence-corrected chi connectivity index (χ3v) is 4.78. The SMILES string of the molecule is COc1ccnc(CSc2nc3ccc(OC(F)F)cc3n2C)c1OC. The van der Waals surface area contributed by atoms with E-state index in [0.717, 1.165) is 10.9 Å². The lowest BCUT2D eigenvalue weighted by molar-refractivity contribution is -0.0497. The number of aromatic nitrogens is 3. The highest BCUT2D eigenvalue weighted by atomic mass is 32.2. The molecule has 1 aromatic carbocycles. The molecule has 0 N–H and O–H groups in total. The molecule has 3 rings (SSSR count). The van der Waals surface area contributed by atoms with Crippen molar-refractivity contribution in [2.75, 3.05) is 14.2 Å². The first-order chi connectivity index (χ1) is 12.5. The molecule has 26 heavy (non-hydrogen) atoms. The van der Waals surface area contributed by atoms with E-state index in [9.17, 15) is 8.78 Å². The number of nitrogens with zero attached hydrogens (tertiary/aromatic N) is 3. The highest BCUT2D eigenvalue weighted by Gasteiger charge is 2.15. The fourth-order valence-electron chi connectivity index (χ4n) is 2.54. The van der Waals surface area contributed by atoms with Crippen molar-refractivity contribution < 1.29 is 23.0 Å². The third-order valence-electron chi connectivity index (χ3n) is 3.74. The first-order valence-corrected chi connectivity index (χ1v) is 8.62. The number of alkyl halides is 2. The van der Waals surface area contributed by atoms with Crippen LogP contribution in [0, 0.1) is 0 Å². The van der Waals surface area contributed by atoms with Crippen LogP contribution in [0.2, 0.25) is 0 Å². The minimum atomic E-state index is -2.86. The molecule has 0 aliphatic rings. The van der Waals surface area contributed by atoms with Crippen LogP contribution in [0.4, 0.5) is 8.78 Å². The largest absolute Gasteiger partial charge is 0.493 e. The molecule has 0 saturated heterocycles. The Hall–Kier alpha value is -2.55. The maximum atomic E-state index is 12.4. The quantitative estimate of drug-likeness (QED) is 0.579. The summed E-state index contributed by atoms with van der Waals surface area (Å²) in [5, 5.41) is 0.723. The molecule has 6 nitrogen and oxygen atoms in total. The Balaban J connectivity index is 1.85. The van der Waals surface area contributed by atoms with Crippen molar-refractivity contribution in [1.82, 2.24) is 14.5 Å². The number of hydrogen-bond acceptors (Lipinski definition) is 6. The van der Waals surface area contributed by atoms with Gasteiger partial charge < -0.3 is 18.8 Å². The summed E-state index contributed by atoms with van der Waals surface area (Å²) in [7, 11) is 4.95. The van der Waals surface area contributed by atoms with Gasteiger partial charge >= 0.3 is 6.61 Å². The monoisotopic (exact) mass is 381 g/mol. The minimum Gasteiger partial charge on any atom is -0.493 e. The molecular weight excluding hydrogens is 364 g/mol. The molecule has 0 aliphatic carbocycles. The van der Waals surface area contributed by atoms with Crippen molar-refractivity contribution in [1.29, 1.82) is 0 Å². The zero-order valence-electron chi connectivity index (χ0n) is 14.4. The zero-order chi connectivity index (χ0) is 18.7. The Kier molecular flexibility index (Phi) is 5.46. The number of halogens is 2. The van der Waals surface area contributed by atoms with Crippen molar-refractivity contribution in [3.63, 3.8) is 0 Å². The number of ether oxygens (including phenoxy) is 3.